The molecule has 0 aliphatic heterocycles. The predicted octanol–water partition coefficient (Wildman–Crippen LogP) is 6.80. The Hall–Kier alpha value is -4.34. The number of carbonyl (C=O) groups excluding carboxylic acids is 2. The van der Waals surface area contributed by atoms with E-state index in [2.05, 4.69) is 5.32 Å². The van der Waals surface area contributed by atoms with Crippen LogP contribution in [-0.2, 0) is 32.6 Å². The number of aryl methyl sites for hydroxylation is 1. The zero-order chi connectivity index (χ0) is 33.8. The van der Waals surface area contributed by atoms with Gasteiger partial charge in [-0.2, -0.15) is 0 Å². The van der Waals surface area contributed by atoms with Gasteiger partial charge in [0.1, 0.15) is 18.3 Å². The van der Waals surface area contributed by atoms with Crippen LogP contribution < -0.4 is 14.4 Å². The zero-order valence-electron chi connectivity index (χ0n) is 27.1. The SMILES string of the molecule is CCCCNC(=O)[C@@H](Cc1ccccc1)N(Cc1ccccc1C)C(=O)CN(c1ccccc1OCC)S(=O)(=O)c1ccc(Cl)cc1. The maximum atomic E-state index is 14.7. The molecule has 0 unspecified atom stereocenters. The highest BCUT2D eigenvalue weighted by Gasteiger charge is 2.35. The normalized spacial score (nSPS) is 11.8. The summed E-state index contributed by atoms with van der Waals surface area (Å²) >= 11 is 6.09. The first-order chi connectivity index (χ1) is 22.6. The summed E-state index contributed by atoms with van der Waals surface area (Å²) in [7, 11) is -4.30. The Bertz CT molecular complexity index is 1730. The molecule has 1 N–H and O–H groups in total. The van der Waals surface area contributed by atoms with Gasteiger partial charge in [-0.25, -0.2) is 8.42 Å². The van der Waals surface area contributed by atoms with Crippen LogP contribution in [0.4, 0.5) is 5.69 Å². The molecule has 4 aromatic carbocycles. The van der Waals surface area contributed by atoms with Gasteiger partial charge in [0.15, 0.2) is 0 Å². The lowest BCUT2D eigenvalue weighted by molar-refractivity contribution is -0.140. The summed E-state index contributed by atoms with van der Waals surface area (Å²) in [5, 5.41) is 3.39. The van der Waals surface area contributed by atoms with E-state index >= 15 is 0 Å². The van der Waals surface area contributed by atoms with Gasteiger partial charge in [-0.15, -0.1) is 0 Å². The molecule has 10 heteroatoms. The third-order valence-electron chi connectivity index (χ3n) is 7.82. The quantitative estimate of drug-likeness (QED) is 0.132. The first-order valence-electron chi connectivity index (χ1n) is 15.8. The second-order valence-electron chi connectivity index (χ2n) is 11.2. The molecule has 0 heterocycles. The number of rotatable bonds is 16. The number of halogens is 1. The molecule has 0 saturated carbocycles. The largest absolute Gasteiger partial charge is 0.492 e. The molecule has 1 atom stereocenters. The van der Waals surface area contributed by atoms with Crippen LogP contribution in [0.15, 0.2) is 108 Å². The summed E-state index contributed by atoms with van der Waals surface area (Å²) in [6.07, 6.45) is 1.93. The van der Waals surface area contributed by atoms with Gasteiger partial charge in [0.2, 0.25) is 11.8 Å². The van der Waals surface area contributed by atoms with Gasteiger partial charge in [-0.05, 0) is 73.4 Å². The van der Waals surface area contributed by atoms with E-state index < -0.39 is 28.5 Å². The Morgan fingerprint density at radius 1 is 0.872 bits per heavy atom. The predicted molar refractivity (Wildman–Crippen MR) is 187 cm³/mol. The van der Waals surface area contributed by atoms with Crippen molar-refractivity contribution < 1.29 is 22.7 Å². The second kappa shape index (κ2) is 17.0. The minimum Gasteiger partial charge on any atom is -0.492 e. The minimum absolute atomic E-state index is 0.0374. The fraction of sp³-hybridized carbons (Fsp3) is 0.297. The van der Waals surface area contributed by atoms with Gasteiger partial charge in [0, 0.05) is 24.5 Å². The van der Waals surface area contributed by atoms with Gasteiger partial charge < -0.3 is 15.0 Å². The van der Waals surface area contributed by atoms with Gasteiger partial charge in [-0.1, -0.05) is 91.7 Å². The van der Waals surface area contributed by atoms with E-state index in [9.17, 15) is 18.0 Å². The molecule has 0 fully saturated rings. The summed E-state index contributed by atoms with van der Waals surface area (Å²) in [6.45, 7) is 6.07. The average molecular weight is 676 g/mol. The Labute approximate surface area is 283 Å². The summed E-state index contributed by atoms with van der Waals surface area (Å²) in [5.41, 5.74) is 2.88. The lowest BCUT2D eigenvalue weighted by Crippen LogP contribution is -2.53. The van der Waals surface area contributed by atoms with E-state index in [-0.39, 0.29) is 36.1 Å². The third kappa shape index (κ3) is 9.36. The van der Waals surface area contributed by atoms with Gasteiger partial charge in [0.25, 0.3) is 10.0 Å². The second-order valence-corrected chi connectivity index (χ2v) is 13.5. The van der Waals surface area contributed by atoms with Crippen LogP contribution in [0.25, 0.3) is 0 Å². The lowest BCUT2D eigenvalue weighted by Gasteiger charge is -2.34. The average Bonchev–Trinajstić information content (AvgIpc) is 3.07. The number of sulfonamides is 1. The molecule has 0 radical (unpaired) electrons. The monoisotopic (exact) mass is 675 g/mol. The Morgan fingerprint density at radius 2 is 1.53 bits per heavy atom. The molecule has 0 spiro atoms. The Balaban J connectivity index is 1.83. The summed E-state index contributed by atoms with van der Waals surface area (Å²) < 4.78 is 35.5. The van der Waals surface area contributed by atoms with Gasteiger partial charge in [-0.3, -0.25) is 13.9 Å². The van der Waals surface area contributed by atoms with E-state index in [0.717, 1.165) is 33.8 Å². The number of nitrogens with zero attached hydrogens (tertiary/aromatic N) is 2. The first-order valence-corrected chi connectivity index (χ1v) is 17.6. The topological polar surface area (TPSA) is 96.0 Å². The molecule has 47 heavy (non-hydrogen) atoms. The smallest absolute Gasteiger partial charge is 0.264 e. The zero-order valence-corrected chi connectivity index (χ0v) is 28.6. The van der Waals surface area contributed by atoms with Crippen LogP contribution in [0.2, 0.25) is 5.02 Å². The highest BCUT2D eigenvalue weighted by atomic mass is 35.5. The number of carbonyl (C=O) groups is 2. The molecule has 0 aliphatic rings. The molecule has 4 aromatic rings. The van der Waals surface area contributed by atoms with Crippen molar-refractivity contribution in [3.63, 3.8) is 0 Å². The van der Waals surface area contributed by atoms with Gasteiger partial charge in [0.05, 0.1) is 17.2 Å². The summed E-state index contributed by atoms with van der Waals surface area (Å²) in [6, 6.07) is 28.7. The number of hydrogen-bond acceptors (Lipinski definition) is 5. The van der Waals surface area contributed by atoms with Crippen LogP contribution in [0.1, 0.15) is 43.4 Å². The maximum Gasteiger partial charge on any atom is 0.264 e. The van der Waals surface area contributed by atoms with Crippen LogP contribution in [0.5, 0.6) is 5.75 Å². The fourth-order valence-electron chi connectivity index (χ4n) is 5.22. The molecule has 0 aliphatic carbocycles. The number of anilines is 1. The van der Waals surface area contributed by atoms with Crippen molar-refractivity contribution in [2.24, 2.45) is 0 Å². The van der Waals surface area contributed by atoms with Crippen molar-refractivity contribution in [1.29, 1.82) is 0 Å². The molecule has 0 aromatic heterocycles. The van der Waals surface area contributed by atoms with Crippen LogP contribution in [-0.4, -0.2) is 50.9 Å². The Morgan fingerprint density at radius 3 is 2.21 bits per heavy atom. The highest BCUT2D eigenvalue weighted by Crippen LogP contribution is 2.33. The number of hydrogen-bond donors (Lipinski definition) is 1. The summed E-state index contributed by atoms with van der Waals surface area (Å²) in [5.74, 6) is -0.529. The molecule has 0 saturated heterocycles. The number of benzene rings is 4. The van der Waals surface area contributed by atoms with Crippen LogP contribution in [0.3, 0.4) is 0 Å². The highest BCUT2D eigenvalue weighted by molar-refractivity contribution is 7.92. The van der Waals surface area contributed by atoms with Crippen molar-refractivity contribution in [3.05, 3.63) is 125 Å². The van der Waals surface area contributed by atoms with Crippen molar-refractivity contribution in [2.45, 2.75) is 57.5 Å². The number of unbranched alkanes of at least 4 members (excludes halogenated alkanes) is 1. The van der Waals surface area contributed by atoms with Crippen LogP contribution >= 0.6 is 11.6 Å². The minimum atomic E-state index is -4.30. The molecular formula is C37H42ClN3O5S. The maximum absolute atomic E-state index is 14.7. The molecule has 4 rings (SSSR count). The molecule has 248 valence electrons. The lowest BCUT2D eigenvalue weighted by atomic mass is 10.0. The molecular weight excluding hydrogens is 634 g/mol. The molecule has 0 bridgehead atoms. The summed E-state index contributed by atoms with van der Waals surface area (Å²) in [4.78, 5) is 30.1. The number of nitrogens with one attached hydrogen (secondary N) is 1. The van der Waals surface area contributed by atoms with E-state index in [1.54, 1.807) is 31.2 Å². The van der Waals surface area contributed by atoms with Crippen molar-refractivity contribution in [1.82, 2.24) is 10.2 Å². The van der Waals surface area contributed by atoms with Gasteiger partial charge >= 0.3 is 0 Å². The van der Waals surface area contributed by atoms with Crippen molar-refractivity contribution in [3.8, 4) is 5.75 Å². The standard InChI is InChI=1S/C37H42ClN3O5S/c1-4-6-24-39-37(43)34(25-29-15-8-7-9-16-29)40(26-30-17-11-10-14-28(30)3)36(42)27-41(33-18-12-13-19-35(33)46-5-2)47(44,45)32-22-20-31(38)21-23-32/h7-23,34H,4-6,24-27H2,1-3H3,(H,39,43)/t34-/m1/s1. The fourth-order valence-corrected chi connectivity index (χ4v) is 6.77. The molecule has 2 amide bonds. The Kier molecular flexibility index (Phi) is 12.8. The van der Waals surface area contributed by atoms with E-state index in [1.165, 1.54) is 29.2 Å². The first kappa shape index (κ1) is 35.5. The van der Waals surface area contributed by atoms with Crippen LogP contribution in [0, 0.1) is 6.92 Å². The van der Waals surface area contributed by atoms with Crippen molar-refractivity contribution in [2.75, 3.05) is 24.0 Å². The number of ether oxygens (including phenoxy) is 1. The van der Waals surface area contributed by atoms with E-state index in [4.69, 9.17) is 16.3 Å². The number of para-hydroxylation sites is 2. The number of amides is 2. The third-order valence-corrected chi connectivity index (χ3v) is 9.84. The van der Waals surface area contributed by atoms with Crippen molar-refractivity contribution >= 4 is 39.1 Å². The van der Waals surface area contributed by atoms with E-state index in [1.807, 2.05) is 68.4 Å². The molecule has 8 nitrogen and oxygen atoms in total. The van der Waals surface area contributed by atoms with E-state index in [0.29, 0.717) is 17.3 Å².